The lowest BCUT2D eigenvalue weighted by Crippen LogP contribution is -2.30. The summed E-state index contributed by atoms with van der Waals surface area (Å²) in [5.41, 5.74) is 9.25. The monoisotopic (exact) mass is 636 g/mol. The number of amidine groups is 1. The van der Waals surface area contributed by atoms with Crippen molar-refractivity contribution in [2.75, 3.05) is 4.90 Å². The van der Waals surface area contributed by atoms with Crippen LogP contribution >= 0.6 is 11.8 Å². The number of carbonyl (C=O) groups is 1. The van der Waals surface area contributed by atoms with Crippen LogP contribution in [-0.2, 0) is 36.9 Å². The zero-order valence-electron chi connectivity index (χ0n) is 29.2. The third kappa shape index (κ3) is 9.47. The molecule has 1 aliphatic rings. The number of aryl methyl sites for hydroxylation is 5. The number of nitrogens with zero attached hydrogens (tertiary/aromatic N) is 2. The smallest absolute Gasteiger partial charge is 0.268 e. The molecular weight excluding hydrogens is 581 g/mol. The van der Waals surface area contributed by atoms with Gasteiger partial charge in [-0.1, -0.05) is 153 Å². The van der Waals surface area contributed by atoms with Gasteiger partial charge in [-0.05, 0) is 89.7 Å². The fraction of sp³-hybridized carbons (Fsp3) is 0.476. The van der Waals surface area contributed by atoms with E-state index in [9.17, 15) is 4.79 Å². The Morgan fingerprint density at radius 2 is 1.13 bits per heavy atom. The lowest BCUT2D eigenvalue weighted by atomic mass is 10.0. The molecule has 3 nitrogen and oxygen atoms in total. The largest absolute Gasteiger partial charge is 0.271 e. The Labute approximate surface area is 284 Å². The molecule has 0 bridgehead atoms. The second-order valence-electron chi connectivity index (χ2n) is 12.6. The van der Waals surface area contributed by atoms with Crippen LogP contribution in [0, 0.1) is 0 Å². The van der Waals surface area contributed by atoms with Gasteiger partial charge in [0.25, 0.3) is 5.91 Å². The first-order chi connectivity index (χ1) is 22.5. The number of anilines is 1. The van der Waals surface area contributed by atoms with Crippen LogP contribution in [0.2, 0.25) is 0 Å². The van der Waals surface area contributed by atoms with Crippen molar-refractivity contribution < 1.29 is 4.79 Å². The minimum Gasteiger partial charge on any atom is -0.268 e. The first-order valence-electron chi connectivity index (χ1n) is 18.2. The molecule has 1 fully saturated rings. The number of amides is 1. The summed E-state index contributed by atoms with van der Waals surface area (Å²) < 4.78 is 0. The van der Waals surface area contributed by atoms with Crippen molar-refractivity contribution in [2.45, 2.75) is 131 Å². The van der Waals surface area contributed by atoms with E-state index in [1.807, 2.05) is 4.90 Å². The summed E-state index contributed by atoms with van der Waals surface area (Å²) in [4.78, 5) is 22.2. The van der Waals surface area contributed by atoms with Gasteiger partial charge in [0.15, 0.2) is 5.17 Å². The van der Waals surface area contributed by atoms with Crippen molar-refractivity contribution in [1.29, 1.82) is 0 Å². The van der Waals surface area contributed by atoms with Gasteiger partial charge in [-0.15, -0.1) is 0 Å². The standard InChI is InChI=1S/C42H56N2OS/c1-6-11-12-13-14-15-16-17-18-19-22-32-27-29-33(30-28-32)31-38-41(45)44(40-36(9-4)25-21-26-37(40)10-5)42(46-38)43-39-34(7-2)23-20-24-35(39)8-3/h20-21,23-31H,6-19,22H2,1-5H3/b38-31-,43-42+. The number of hydrogen-bond donors (Lipinski definition) is 0. The Morgan fingerprint density at radius 3 is 1.65 bits per heavy atom. The van der Waals surface area contributed by atoms with E-state index in [1.165, 1.54) is 104 Å². The number of thioether (sulfide) groups is 1. The third-order valence-corrected chi connectivity index (χ3v) is 10.2. The maximum atomic E-state index is 14.3. The third-order valence-electron chi connectivity index (χ3n) is 9.26. The fourth-order valence-corrected chi connectivity index (χ4v) is 7.42. The van der Waals surface area contributed by atoms with Crippen molar-refractivity contribution in [3.05, 3.63) is 98.9 Å². The van der Waals surface area contributed by atoms with Crippen LogP contribution in [0.1, 0.15) is 132 Å². The molecule has 0 spiro atoms. The fourth-order valence-electron chi connectivity index (χ4n) is 6.45. The van der Waals surface area contributed by atoms with Crippen molar-refractivity contribution in [3.63, 3.8) is 0 Å². The van der Waals surface area contributed by atoms with Crippen molar-refractivity contribution in [2.24, 2.45) is 4.99 Å². The van der Waals surface area contributed by atoms with Crippen LogP contribution < -0.4 is 4.90 Å². The molecule has 0 aromatic heterocycles. The molecule has 0 atom stereocenters. The molecule has 0 unspecified atom stereocenters. The highest BCUT2D eigenvalue weighted by molar-refractivity contribution is 8.19. The number of unbranched alkanes of at least 4 members (excludes halogenated alkanes) is 9. The normalized spacial score (nSPS) is 15.1. The van der Waals surface area contributed by atoms with Crippen LogP contribution in [0.25, 0.3) is 6.08 Å². The predicted molar refractivity (Wildman–Crippen MR) is 203 cm³/mol. The number of benzene rings is 3. The van der Waals surface area contributed by atoms with Crippen LogP contribution in [-0.4, -0.2) is 11.1 Å². The average Bonchev–Trinajstić information content (AvgIpc) is 3.38. The predicted octanol–water partition coefficient (Wildman–Crippen LogP) is 12.2. The Bertz CT molecular complexity index is 1420. The highest BCUT2D eigenvalue weighted by atomic mass is 32.2. The molecule has 3 aromatic carbocycles. The Hall–Kier alpha value is -3.11. The topological polar surface area (TPSA) is 32.7 Å². The number of hydrogen-bond acceptors (Lipinski definition) is 3. The van der Waals surface area contributed by atoms with Gasteiger partial charge in [0, 0.05) is 0 Å². The van der Waals surface area contributed by atoms with E-state index in [4.69, 9.17) is 4.99 Å². The van der Waals surface area contributed by atoms with Crippen LogP contribution in [0.4, 0.5) is 11.4 Å². The van der Waals surface area contributed by atoms with E-state index in [0.717, 1.165) is 59.1 Å². The average molecular weight is 637 g/mol. The minimum absolute atomic E-state index is 0.0146. The molecule has 0 saturated carbocycles. The summed E-state index contributed by atoms with van der Waals surface area (Å²) >= 11 is 1.51. The molecule has 1 heterocycles. The van der Waals surface area contributed by atoms with Crippen LogP contribution in [0.3, 0.4) is 0 Å². The molecule has 4 heteroatoms. The second kappa shape index (κ2) is 18.9. The van der Waals surface area contributed by atoms with Gasteiger partial charge in [0.1, 0.15) is 0 Å². The summed E-state index contributed by atoms with van der Waals surface area (Å²) in [6, 6.07) is 21.7. The van der Waals surface area contributed by atoms with Gasteiger partial charge in [-0.25, -0.2) is 4.99 Å². The first kappa shape index (κ1) is 35.7. The Morgan fingerprint density at radius 1 is 0.630 bits per heavy atom. The molecule has 1 aliphatic heterocycles. The summed E-state index contributed by atoms with van der Waals surface area (Å²) in [6.07, 6.45) is 20.3. The Kier molecular flexibility index (Phi) is 14.7. The molecule has 0 N–H and O–H groups in total. The molecule has 46 heavy (non-hydrogen) atoms. The zero-order chi connectivity index (χ0) is 32.7. The highest BCUT2D eigenvalue weighted by Crippen LogP contribution is 2.41. The summed E-state index contributed by atoms with van der Waals surface area (Å²) in [7, 11) is 0. The molecule has 3 aromatic rings. The molecule has 1 amide bonds. The molecule has 0 radical (unpaired) electrons. The highest BCUT2D eigenvalue weighted by Gasteiger charge is 2.37. The minimum atomic E-state index is 0.0146. The first-order valence-corrected chi connectivity index (χ1v) is 19.0. The van der Waals surface area contributed by atoms with E-state index in [2.05, 4.69) is 101 Å². The molecule has 246 valence electrons. The van der Waals surface area contributed by atoms with Gasteiger partial charge < -0.3 is 0 Å². The van der Waals surface area contributed by atoms with Gasteiger partial charge in [0.05, 0.1) is 16.3 Å². The Balaban J connectivity index is 1.52. The lowest BCUT2D eigenvalue weighted by molar-refractivity contribution is -0.113. The number of rotatable bonds is 18. The van der Waals surface area contributed by atoms with E-state index in [1.54, 1.807) is 0 Å². The van der Waals surface area contributed by atoms with E-state index in [0.29, 0.717) is 0 Å². The van der Waals surface area contributed by atoms with Gasteiger partial charge in [0.2, 0.25) is 0 Å². The van der Waals surface area contributed by atoms with Crippen LogP contribution in [0.15, 0.2) is 70.6 Å². The number of aliphatic imine (C=N–C) groups is 1. The van der Waals surface area contributed by atoms with E-state index < -0.39 is 0 Å². The van der Waals surface area contributed by atoms with Gasteiger partial charge >= 0.3 is 0 Å². The van der Waals surface area contributed by atoms with Crippen LogP contribution in [0.5, 0.6) is 0 Å². The number of carbonyl (C=O) groups excluding carboxylic acids is 1. The maximum Gasteiger partial charge on any atom is 0.271 e. The quantitative estimate of drug-likeness (QED) is 0.103. The zero-order valence-corrected chi connectivity index (χ0v) is 30.0. The van der Waals surface area contributed by atoms with E-state index >= 15 is 0 Å². The molecule has 0 aliphatic carbocycles. The maximum absolute atomic E-state index is 14.3. The van der Waals surface area contributed by atoms with Gasteiger partial charge in [-0.2, -0.15) is 0 Å². The van der Waals surface area contributed by atoms with Crippen molar-refractivity contribution in [3.8, 4) is 0 Å². The molecular formula is C42H56N2OS. The number of para-hydroxylation sites is 2. The molecule has 1 saturated heterocycles. The summed E-state index contributed by atoms with van der Waals surface area (Å²) in [6.45, 7) is 11.0. The van der Waals surface area contributed by atoms with E-state index in [-0.39, 0.29) is 5.91 Å². The van der Waals surface area contributed by atoms with Gasteiger partial charge in [-0.3, -0.25) is 9.69 Å². The van der Waals surface area contributed by atoms with Crippen molar-refractivity contribution >= 4 is 40.3 Å². The lowest BCUT2D eigenvalue weighted by Gasteiger charge is -2.23. The molecule has 4 rings (SSSR count). The second-order valence-corrected chi connectivity index (χ2v) is 13.6. The summed E-state index contributed by atoms with van der Waals surface area (Å²) in [5.74, 6) is 0.0146. The summed E-state index contributed by atoms with van der Waals surface area (Å²) in [5, 5.41) is 0.750. The SMILES string of the molecule is CCCCCCCCCCCCc1ccc(/C=C2\S/C(=N/c3c(CC)cccc3CC)N(c3c(CC)cccc3CC)C2=O)cc1. The van der Waals surface area contributed by atoms with Crippen molar-refractivity contribution in [1.82, 2.24) is 0 Å².